The maximum absolute atomic E-state index is 5.31. The molecule has 0 amide bonds. The zero-order valence-electron chi connectivity index (χ0n) is 11.9. The van der Waals surface area contributed by atoms with Crippen molar-refractivity contribution in [3.63, 3.8) is 0 Å². The normalized spacial score (nSPS) is 12.1. The molecule has 5 nitrogen and oxygen atoms in total. The van der Waals surface area contributed by atoms with Crippen LogP contribution in [0.15, 0.2) is 12.3 Å². The number of rotatable bonds is 7. The SMILES string of the molecule is COCCC(C)Nc1c(N(C)C)ccnc1OC. The number of ether oxygens (including phenoxy) is 2. The zero-order chi connectivity index (χ0) is 13.5. The molecule has 0 bridgehead atoms. The number of aromatic nitrogens is 1. The smallest absolute Gasteiger partial charge is 0.239 e. The van der Waals surface area contributed by atoms with Gasteiger partial charge in [0.15, 0.2) is 0 Å². The molecule has 1 atom stereocenters. The highest BCUT2D eigenvalue weighted by molar-refractivity contribution is 5.74. The molecule has 0 aliphatic carbocycles. The van der Waals surface area contributed by atoms with Crippen LogP contribution in [0.3, 0.4) is 0 Å². The summed E-state index contributed by atoms with van der Waals surface area (Å²) < 4.78 is 10.4. The number of nitrogens with one attached hydrogen (secondary N) is 1. The largest absolute Gasteiger partial charge is 0.479 e. The first-order valence-corrected chi connectivity index (χ1v) is 6.06. The molecule has 1 heterocycles. The third-order valence-electron chi connectivity index (χ3n) is 2.72. The fraction of sp³-hybridized carbons (Fsp3) is 0.615. The van der Waals surface area contributed by atoms with Crippen molar-refractivity contribution in [2.24, 2.45) is 0 Å². The fourth-order valence-corrected chi connectivity index (χ4v) is 1.71. The van der Waals surface area contributed by atoms with Crippen LogP contribution in [0.1, 0.15) is 13.3 Å². The van der Waals surface area contributed by atoms with Gasteiger partial charge in [0.2, 0.25) is 5.88 Å². The highest BCUT2D eigenvalue weighted by atomic mass is 16.5. The number of methoxy groups -OCH3 is 2. The van der Waals surface area contributed by atoms with Crippen molar-refractivity contribution in [3.8, 4) is 5.88 Å². The van der Waals surface area contributed by atoms with Gasteiger partial charge in [-0.15, -0.1) is 0 Å². The average Bonchev–Trinajstić information content (AvgIpc) is 2.36. The van der Waals surface area contributed by atoms with E-state index in [2.05, 4.69) is 17.2 Å². The average molecular weight is 253 g/mol. The standard InChI is InChI=1S/C13H23N3O2/c1-10(7-9-17-4)15-12-11(16(2)3)6-8-14-13(12)18-5/h6,8,10,15H,7,9H2,1-5H3. The number of hydrogen-bond donors (Lipinski definition) is 1. The van der Waals surface area contributed by atoms with Gasteiger partial charge in [-0.25, -0.2) is 4.98 Å². The summed E-state index contributed by atoms with van der Waals surface area (Å²) in [5, 5.41) is 3.44. The Hall–Kier alpha value is -1.49. The van der Waals surface area contributed by atoms with E-state index in [1.165, 1.54) is 0 Å². The first kappa shape index (κ1) is 14.6. The van der Waals surface area contributed by atoms with Gasteiger partial charge in [-0.1, -0.05) is 0 Å². The Morgan fingerprint density at radius 3 is 2.67 bits per heavy atom. The molecule has 0 radical (unpaired) electrons. The highest BCUT2D eigenvalue weighted by Crippen LogP contribution is 2.32. The fourth-order valence-electron chi connectivity index (χ4n) is 1.71. The topological polar surface area (TPSA) is 46.6 Å². The van der Waals surface area contributed by atoms with Crippen molar-refractivity contribution in [1.82, 2.24) is 4.98 Å². The van der Waals surface area contributed by atoms with Gasteiger partial charge in [-0.2, -0.15) is 0 Å². The molecule has 1 rings (SSSR count). The van der Waals surface area contributed by atoms with Crippen LogP contribution in [0, 0.1) is 0 Å². The van der Waals surface area contributed by atoms with E-state index in [-0.39, 0.29) is 0 Å². The first-order chi connectivity index (χ1) is 8.60. The van der Waals surface area contributed by atoms with Gasteiger partial charge in [0.1, 0.15) is 5.69 Å². The van der Waals surface area contributed by atoms with Gasteiger partial charge >= 0.3 is 0 Å². The summed E-state index contributed by atoms with van der Waals surface area (Å²) in [5.74, 6) is 0.616. The van der Waals surface area contributed by atoms with E-state index in [0.717, 1.165) is 24.4 Å². The van der Waals surface area contributed by atoms with Crippen molar-refractivity contribution < 1.29 is 9.47 Å². The predicted octanol–water partition coefficient (Wildman–Crippen LogP) is 1.99. The van der Waals surface area contributed by atoms with Crippen molar-refractivity contribution in [2.75, 3.05) is 45.1 Å². The minimum atomic E-state index is 0.293. The molecule has 0 fully saturated rings. The second-order valence-corrected chi connectivity index (χ2v) is 4.44. The van der Waals surface area contributed by atoms with Crippen LogP contribution in [-0.2, 0) is 4.74 Å². The molecule has 18 heavy (non-hydrogen) atoms. The second-order valence-electron chi connectivity index (χ2n) is 4.44. The van der Waals surface area contributed by atoms with E-state index < -0.39 is 0 Å². The summed E-state index contributed by atoms with van der Waals surface area (Å²) in [6, 6.07) is 2.26. The molecule has 0 aliphatic rings. The quantitative estimate of drug-likeness (QED) is 0.805. The molecule has 0 aliphatic heterocycles. The van der Waals surface area contributed by atoms with Crippen LogP contribution in [-0.4, -0.2) is 45.9 Å². The van der Waals surface area contributed by atoms with Crippen LogP contribution < -0.4 is 15.0 Å². The van der Waals surface area contributed by atoms with E-state index in [1.54, 1.807) is 20.4 Å². The van der Waals surface area contributed by atoms with Crippen LogP contribution in [0.4, 0.5) is 11.4 Å². The summed E-state index contributed by atoms with van der Waals surface area (Å²) in [4.78, 5) is 6.27. The van der Waals surface area contributed by atoms with Gasteiger partial charge in [0.05, 0.1) is 12.8 Å². The highest BCUT2D eigenvalue weighted by Gasteiger charge is 2.14. The van der Waals surface area contributed by atoms with Crippen molar-refractivity contribution in [3.05, 3.63) is 12.3 Å². The van der Waals surface area contributed by atoms with E-state index in [9.17, 15) is 0 Å². The number of anilines is 2. The molecule has 1 aromatic rings. The summed E-state index contributed by atoms with van der Waals surface area (Å²) >= 11 is 0. The third-order valence-corrected chi connectivity index (χ3v) is 2.72. The molecule has 5 heteroatoms. The Balaban J connectivity index is 2.90. The molecule has 0 saturated heterocycles. The molecule has 1 aromatic heterocycles. The minimum absolute atomic E-state index is 0.293. The van der Waals surface area contributed by atoms with Crippen molar-refractivity contribution >= 4 is 11.4 Å². The molecule has 1 unspecified atom stereocenters. The zero-order valence-corrected chi connectivity index (χ0v) is 11.9. The summed E-state index contributed by atoms with van der Waals surface area (Å²) in [5.41, 5.74) is 1.99. The number of hydrogen-bond acceptors (Lipinski definition) is 5. The summed E-state index contributed by atoms with van der Waals surface area (Å²) in [7, 11) is 7.34. The molecule has 0 spiro atoms. The van der Waals surface area contributed by atoms with Crippen LogP contribution in [0.5, 0.6) is 5.88 Å². The van der Waals surface area contributed by atoms with Gasteiger partial charge in [-0.3, -0.25) is 0 Å². The Bertz CT molecular complexity index is 369. The maximum Gasteiger partial charge on any atom is 0.239 e. The molecular formula is C13H23N3O2. The van der Waals surface area contributed by atoms with Crippen molar-refractivity contribution in [1.29, 1.82) is 0 Å². The van der Waals surface area contributed by atoms with Crippen LogP contribution in [0.2, 0.25) is 0 Å². The predicted molar refractivity (Wildman–Crippen MR) is 74.7 cm³/mol. The lowest BCUT2D eigenvalue weighted by molar-refractivity contribution is 0.191. The monoisotopic (exact) mass is 253 g/mol. The van der Waals surface area contributed by atoms with Gasteiger partial charge in [0, 0.05) is 40.1 Å². The molecule has 0 saturated carbocycles. The summed E-state index contributed by atoms with van der Waals surface area (Å²) in [6.45, 7) is 2.85. The molecule has 1 N–H and O–H groups in total. The van der Waals surface area contributed by atoms with Gasteiger partial charge in [0.25, 0.3) is 0 Å². The molecule has 0 aromatic carbocycles. The Morgan fingerprint density at radius 2 is 2.11 bits per heavy atom. The molecule has 102 valence electrons. The maximum atomic E-state index is 5.31. The van der Waals surface area contributed by atoms with E-state index >= 15 is 0 Å². The van der Waals surface area contributed by atoms with Gasteiger partial charge in [-0.05, 0) is 19.4 Å². The Kier molecular flexibility index (Phi) is 5.71. The van der Waals surface area contributed by atoms with Crippen LogP contribution in [0.25, 0.3) is 0 Å². The van der Waals surface area contributed by atoms with Crippen molar-refractivity contribution in [2.45, 2.75) is 19.4 Å². The van der Waals surface area contributed by atoms with Gasteiger partial charge < -0.3 is 19.7 Å². The lowest BCUT2D eigenvalue weighted by Crippen LogP contribution is -2.21. The van der Waals surface area contributed by atoms with E-state index in [4.69, 9.17) is 9.47 Å². The van der Waals surface area contributed by atoms with Crippen LogP contribution >= 0.6 is 0 Å². The summed E-state index contributed by atoms with van der Waals surface area (Å²) in [6.07, 6.45) is 2.68. The lowest BCUT2D eigenvalue weighted by atomic mass is 10.2. The third kappa shape index (κ3) is 3.77. The number of pyridine rings is 1. The first-order valence-electron chi connectivity index (χ1n) is 6.06. The Labute approximate surface area is 109 Å². The number of nitrogens with zero attached hydrogens (tertiary/aromatic N) is 2. The van der Waals surface area contributed by atoms with E-state index in [1.807, 2.05) is 25.1 Å². The second kappa shape index (κ2) is 7.06. The lowest BCUT2D eigenvalue weighted by Gasteiger charge is -2.23. The Morgan fingerprint density at radius 1 is 1.39 bits per heavy atom. The minimum Gasteiger partial charge on any atom is -0.479 e. The van der Waals surface area contributed by atoms with E-state index in [0.29, 0.717) is 11.9 Å². The molecular weight excluding hydrogens is 230 g/mol.